The normalized spacial score (nSPS) is 17.9. The van der Waals surface area contributed by atoms with Crippen molar-refractivity contribution in [3.05, 3.63) is 48.1 Å². The molecule has 0 bridgehead atoms. The molecular weight excluding hydrogens is 212 g/mol. The van der Waals surface area contributed by atoms with Crippen molar-refractivity contribution in [3.63, 3.8) is 0 Å². The third-order valence-corrected chi connectivity index (χ3v) is 2.61. The van der Waals surface area contributed by atoms with Gasteiger partial charge in [-0.25, -0.2) is 0 Å². The predicted molar refractivity (Wildman–Crippen MR) is 67.2 cm³/mol. The summed E-state index contributed by atoms with van der Waals surface area (Å²) in [6, 6.07) is 9.14. The molecule has 3 heteroatoms. The summed E-state index contributed by atoms with van der Waals surface area (Å²) in [6.45, 7) is 1.78. The Morgan fingerprint density at radius 3 is 2.94 bits per heavy atom. The van der Waals surface area contributed by atoms with Crippen molar-refractivity contribution >= 4 is 17.7 Å². The number of allylic oxidation sites excluding steroid dienone is 1. The monoisotopic (exact) mass is 224 g/mol. The Morgan fingerprint density at radius 1 is 1.47 bits per heavy atom. The molecule has 0 spiro atoms. The summed E-state index contributed by atoms with van der Waals surface area (Å²) < 4.78 is 0. The maximum atomic E-state index is 12.0. The average Bonchev–Trinajstić information content (AvgIpc) is 2.37. The van der Waals surface area contributed by atoms with Crippen LogP contribution in [0.2, 0.25) is 0 Å². The van der Waals surface area contributed by atoms with Gasteiger partial charge in [-0.05, 0) is 30.7 Å². The number of carbonyl (C=O) groups excluding carboxylic acids is 1. The molecule has 3 nitrogen and oxygen atoms in total. The number of para-hydroxylation sites is 1. The van der Waals surface area contributed by atoms with E-state index in [9.17, 15) is 4.79 Å². The minimum absolute atomic E-state index is 0.171. The summed E-state index contributed by atoms with van der Waals surface area (Å²) in [5.41, 5.74) is 1.74. The highest BCUT2D eigenvalue weighted by molar-refractivity contribution is 6.04. The number of benzene rings is 1. The molecule has 1 atom stereocenters. The molecule has 17 heavy (non-hydrogen) atoms. The van der Waals surface area contributed by atoms with Gasteiger partial charge in [-0.3, -0.25) is 9.69 Å². The molecule has 2 rings (SSSR count). The van der Waals surface area contributed by atoms with E-state index in [0.717, 1.165) is 11.3 Å². The van der Waals surface area contributed by atoms with Crippen LogP contribution in [-0.4, -0.2) is 11.9 Å². The van der Waals surface area contributed by atoms with E-state index in [0.29, 0.717) is 0 Å². The van der Waals surface area contributed by atoms with Crippen molar-refractivity contribution < 1.29 is 4.79 Å². The van der Waals surface area contributed by atoms with Crippen molar-refractivity contribution in [1.82, 2.24) is 0 Å². The van der Waals surface area contributed by atoms with Crippen molar-refractivity contribution in [3.8, 4) is 6.07 Å². The minimum Gasteiger partial charge on any atom is -0.288 e. The first-order chi connectivity index (χ1) is 8.27. The van der Waals surface area contributed by atoms with Crippen LogP contribution in [-0.2, 0) is 4.79 Å². The maximum absolute atomic E-state index is 12.0. The molecule has 0 aliphatic carbocycles. The maximum Gasteiger partial charge on any atom is 0.252 e. The van der Waals surface area contributed by atoms with Crippen LogP contribution in [0.15, 0.2) is 42.5 Å². The lowest BCUT2D eigenvalue weighted by molar-refractivity contribution is -0.114. The van der Waals surface area contributed by atoms with E-state index in [2.05, 4.69) is 6.07 Å². The topological polar surface area (TPSA) is 44.1 Å². The van der Waals surface area contributed by atoms with E-state index >= 15 is 0 Å². The molecule has 0 fully saturated rings. The second-order valence-electron chi connectivity index (χ2n) is 3.70. The minimum atomic E-state index is -0.534. The van der Waals surface area contributed by atoms with Crippen molar-refractivity contribution in [2.75, 3.05) is 4.90 Å². The fraction of sp³-hybridized carbons (Fsp3) is 0.143. The van der Waals surface area contributed by atoms with Gasteiger partial charge in [-0.2, -0.15) is 5.26 Å². The van der Waals surface area contributed by atoms with Gasteiger partial charge in [0.05, 0.1) is 11.8 Å². The lowest BCUT2D eigenvalue weighted by atomic mass is 10.0. The van der Waals surface area contributed by atoms with Gasteiger partial charge in [0.2, 0.25) is 0 Å². The standard InChI is InChI=1S/C14H12N2O/c1-2-5-14(17)16-12(10-15)9-8-11-6-3-4-7-13(11)16/h2-9,12H,1H3/b5-2+/t12-/m1/s1. The van der Waals surface area contributed by atoms with E-state index in [1.165, 1.54) is 11.0 Å². The number of amides is 1. The number of rotatable bonds is 1. The van der Waals surface area contributed by atoms with E-state index in [1.54, 1.807) is 19.1 Å². The van der Waals surface area contributed by atoms with Crippen molar-refractivity contribution in [1.29, 1.82) is 5.26 Å². The zero-order valence-corrected chi connectivity index (χ0v) is 9.50. The van der Waals surface area contributed by atoms with Crippen LogP contribution in [0.3, 0.4) is 0 Å². The fourth-order valence-electron chi connectivity index (χ4n) is 1.86. The first-order valence-corrected chi connectivity index (χ1v) is 5.40. The van der Waals surface area contributed by atoms with Gasteiger partial charge in [0.1, 0.15) is 6.04 Å². The van der Waals surface area contributed by atoms with Crippen LogP contribution in [0.25, 0.3) is 6.08 Å². The Kier molecular flexibility index (Phi) is 3.06. The molecule has 1 aromatic carbocycles. The number of carbonyl (C=O) groups is 1. The van der Waals surface area contributed by atoms with Gasteiger partial charge in [0, 0.05) is 0 Å². The Morgan fingerprint density at radius 2 is 2.24 bits per heavy atom. The molecule has 1 aliphatic rings. The quantitative estimate of drug-likeness (QED) is 0.688. The molecule has 0 radical (unpaired) electrons. The number of fused-ring (bicyclic) bond motifs is 1. The number of anilines is 1. The highest BCUT2D eigenvalue weighted by atomic mass is 16.2. The van der Waals surface area contributed by atoms with Crippen LogP contribution < -0.4 is 4.90 Å². The van der Waals surface area contributed by atoms with Crippen LogP contribution in [0.1, 0.15) is 12.5 Å². The predicted octanol–water partition coefficient (Wildman–Crippen LogP) is 2.51. The third kappa shape index (κ3) is 1.98. The van der Waals surface area contributed by atoms with Crippen LogP contribution in [0, 0.1) is 11.3 Å². The van der Waals surface area contributed by atoms with E-state index in [4.69, 9.17) is 5.26 Å². The van der Waals surface area contributed by atoms with E-state index < -0.39 is 6.04 Å². The van der Waals surface area contributed by atoms with Gasteiger partial charge in [0.25, 0.3) is 5.91 Å². The molecule has 0 aromatic heterocycles. The lowest BCUT2D eigenvalue weighted by Crippen LogP contribution is -2.39. The highest BCUT2D eigenvalue weighted by Crippen LogP contribution is 2.28. The van der Waals surface area contributed by atoms with Gasteiger partial charge in [0.15, 0.2) is 0 Å². The summed E-state index contributed by atoms with van der Waals surface area (Å²) in [5.74, 6) is -0.171. The number of nitriles is 1. The van der Waals surface area contributed by atoms with Gasteiger partial charge in [-0.1, -0.05) is 30.4 Å². The second-order valence-corrected chi connectivity index (χ2v) is 3.70. The first kappa shape index (κ1) is 11.2. The number of hydrogen-bond acceptors (Lipinski definition) is 2. The van der Waals surface area contributed by atoms with Crippen LogP contribution in [0.5, 0.6) is 0 Å². The molecule has 0 saturated heterocycles. The number of hydrogen-bond donors (Lipinski definition) is 0. The molecule has 1 aliphatic heterocycles. The molecule has 0 N–H and O–H groups in total. The highest BCUT2D eigenvalue weighted by Gasteiger charge is 2.25. The summed E-state index contributed by atoms with van der Waals surface area (Å²) >= 11 is 0. The first-order valence-electron chi connectivity index (χ1n) is 5.40. The molecule has 0 saturated carbocycles. The number of nitrogens with zero attached hydrogens (tertiary/aromatic N) is 2. The van der Waals surface area contributed by atoms with Gasteiger partial charge >= 0.3 is 0 Å². The molecule has 0 unspecified atom stereocenters. The van der Waals surface area contributed by atoms with E-state index in [-0.39, 0.29) is 5.91 Å². The molecule has 1 heterocycles. The van der Waals surface area contributed by atoms with Crippen LogP contribution >= 0.6 is 0 Å². The summed E-state index contributed by atoms with van der Waals surface area (Å²) in [7, 11) is 0. The zero-order chi connectivity index (χ0) is 12.3. The van der Waals surface area contributed by atoms with Gasteiger partial charge < -0.3 is 0 Å². The molecule has 1 amide bonds. The van der Waals surface area contributed by atoms with Crippen molar-refractivity contribution in [2.45, 2.75) is 13.0 Å². The average molecular weight is 224 g/mol. The van der Waals surface area contributed by atoms with Crippen molar-refractivity contribution in [2.24, 2.45) is 0 Å². The third-order valence-electron chi connectivity index (χ3n) is 2.61. The molecular formula is C14H12N2O. The summed E-state index contributed by atoms with van der Waals surface area (Å²) in [6.07, 6.45) is 6.77. The molecule has 84 valence electrons. The smallest absolute Gasteiger partial charge is 0.252 e. The Bertz CT molecular complexity index is 537. The van der Waals surface area contributed by atoms with Crippen LogP contribution in [0.4, 0.5) is 5.69 Å². The SMILES string of the molecule is C/C=C/C(=O)N1c2ccccc2C=C[C@@H]1C#N. The van der Waals surface area contributed by atoms with Gasteiger partial charge in [-0.15, -0.1) is 0 Å². The Labute approximate surface area is 100 Å². The Hall–Kier alpha value is -2.34. The zero-order valence-electron chi connectivity index (χ0n) is 9.50. The molecule has 1 aromatic rings. The van der Waals surface area contributed by atoms with E-state index in [1.807, 2.05) is 30.3 Å². The lowest BCUT2D eigenvalue weighted by Gasteiger charge is -2.29. The largest absolute Gasteiger partial charge is 0.288 e. The summed E-state index contributed by atoms with van der Waals surface area (Å²) in [5, 5.41) is 9.08. The Balaban J connectivity index is 2.50. The summed E-state index contributed by atoms with van der Waals surface area (Å²) in [4.78, 5) is 13.5. The second kappa shape index (κ2) is 4.67. The fourth-order valence-corrected chi connectivity index (χ4v) is 1.86.